The second-order valence-electron chi connectivity index (χ2n) is 5.30. The van der Waals surface area contributed by atoms with Crippen LogP contribution in [0, 0.1) is 12.3 Å². The van der Waals surface area contributed by atoms with Crippen LogP contribution in [-0.2, 0) is 11.3 Å². The van der Waals surface area contributed by atoms with Crippen LogP contribution in [-0.4, -0.2) is 17.6 Å². The van der Waals surface area contributed by atoms with Gasteiger partial charge in [0.25, 0.3) is 0 Å². The number of halogens is 2. The molecule has 0 aliphatic rings. The van der Waals surface area contributed by atoms with Crippen LogP contribution in [0.3, 0.4) is 0 Å². The Labute approximate surface area is 131 Å². The van der Waals surface area contributed by atoms with Crippen molar-refractivity contribution in [3.63, 3.8) is 0 Å². The zero-order valence-corrected chi connectivity index (χ0v) is 14.6. The first-order valence-electron chi connectivity index (χ1n) is 6.12. The van der Waals surface area contributed by atoms with Gasteiger partial charge in [0.05, 0.1) is 5.41 Å². The minimum absolute atomic E-state index is 0.608. The molecule has 19 heavy (non-hydrogen) atoms. The van der Waals surface area contributed by atoms with Crippen molar-refractivity contribution in [1.29, 1.82) is 0 Å². The molecule has 5 heteroatoms. The fraction of sp³-hybridized carbons (Fsp3) is 0.500. The summed E-state index contributed by atoms with van der Waals surface area (Å²) in [6.45, 7) is 6.95. The third kappa shape index (κ3) is 4.89. The molecular formula is C14H19Br2NO2. The molecule has 0 amide bonds. The number of rotatable bonds is 6. The highest BCUT2D eigenvalue weighted by Crippen LogP contribution is 2.26. The molecule has 0 radical (unpaired) electrons. The summed E-state index contributed by atoms with van der Waals surface area (Å²) < 4.78 is 2.15. The maximum Gasteiger partial charge on any atom is 0.309 e. The lowest BCUT2D eigenvalue weighted by atomic mass is 9.90. The number of nitrogens with one attached hydrogen (secondary N) is 1. The smallest absolute Gasteiger partial charge is 0.309 e. The van der Waals surface area contributed by atoms with E-state index < -0.39 is 11.4 Å². The van der Waals surface area contributed by atoms with Crippen LogP contribution in [0.4, 0.5) is 0 Å². The second-order valence-corrected chi connectivity index (χ2v) is 7.01. The molecule has 0 unspecified atom stereocenters. The van der Waals surface area contributed by atoms with Gasteiger partial charge < -0.3 is 10.4 Å². The Hall–Kier alpha value is -0.390. The number of carbonyl (C=O) groups is 1. The molecule has 0 saturated carbocycles. The van der Waals surface area contributed by atoms with E-state index in [0.29, 0.717) is 13.0 Å². The monoisotopic (exact) mass is 391 g/mol. The zero-order valence-electron chi connectivity index (χ0n) is 11.4. The van der Waals surface area contributed by atoms with Gasteiger partial charge in [0.15, 0.2) is 0 Å². The van der Waals surface area contributed by atoms with Crippen molar-refractivity contribution >= 4 is 37.8 Å². The Morgan fingerprint density at radius 2 is 1.84 bits per heavy atom. The molecule has 1 aromatic rings. The van der Waals surface area contributed by atoms with Gasteiger partial charge in [0, 0.05) is 15.5 Å². The Bertz CT molecular complexity index is 450. The molecule has 0 atom stereocenters. The maximum absolute atomic E-state index is 11.0. The van der Waals surface area contributed by atoms with Crippen LogP contribution < -0.4 is 5.32 Å². The second kappa shape index (κ2) is 6.86. The van der Waals surface area contributed by atoms with Gasteiger partial charge in [0.2, 0.25) is 0 Å². The van der Waals surface area contributed by atoms with E-state index in [9.17, 15) is 4.79 Å². The summed E-state index contributed by atoms with van der Waals surface area (Å²) in [7, 11) is 0. The van der Waals surface area contributed by atoms with Crippen molar-refractivity contribution in [2.45, 2.75) is 33.7 Å². The number of hydrogen-bond acceptors (Lipinski definition) is 2. The average Bonchev–Trinajstić information content (AvgIpc) is 2.31. The van der Waals surface area contributed by atoms with Crippen LogP contribution in [0.15, 0.2) is 21.1 Å². The van der Waals surface area contributed by atoms with E-state index >= 15 is 0 Å². The van der Waals surface area contributed by atoms with Crippen molar-refractivity contribution < 1.29 is 9.90 Å². The Balaban J connectivity index is 2.49. The molecule has 0 spiro atoms. The highest BCUT2D eigenvalue weighted by atomic mass is 79.9. The Morgan fingerprint density at radius 3 is 2.32 bits per heavy atom. The van der Waals surface area contributed by atoms with E-state index in [0.717, 1.165) is 21.1 Å². The summed E-state index contributed by atoms with van der Waals surface area (Å²) in [6.07, 6.45) is 0.608. The molecule has 0 fully saturated rings. The SMILES string of the molecule is Cc1c(Br)cc(CNCCC(C)(C)C(=O)O)cc1Br. The van der Waals surface area contributed by atoms with Gasteiger partial charge in [-0.1, -0.05) is 31.9 Å². The first-order valence-corrected chi connectivity index (χ1v) is 7.71. The van der Waals surface area contributed by atoms with Gasteiger partial charge in [0.1, 0.15) is 0 Å². The lowest BCUT2D eigenvalue weighted by Gasteiger charge is -2.19. The molecule has 0 saturated heterocycles. The highest BCUT2D eigenvalue weighted by molar-refractivity contribution is 9.11. The fourth-order valence-electron chi connectivity index (χ4n) is 1.54. The largest absolute Gasteiger partial charge is 0.481 e. The fourth-order valence-corrected chi connectivity index (χ4v) is 2.82. The van der Waals surface area contributed by atoms with Gasteiger partial charge in [-0.2, -0.15) is 0 Å². The van der Waals surface area contributed by atoms with E-state index in [1.807, 2.05) is 6.92 Å². The van der Waals surface area contributed by atoms with Crippen molar-refractivity contribution in [1.82, 2.24) is 5.32 Å². The minimum atomic E-state index is -0.755. The topological polar surface area (TPSA) is 49.3 Å². The van der Waals surface area contributed by atoms with Gasteiger partial charge in [-0.15, -0.1) is 0 Å². The van der Waals surface area contributed by atoms with E-state index in [-0.39, 0.29) is 0 Å². The number of hydrogen-bond donors (Lipinski definition) is 2. The van der Waals surface area contributed by atoms with Crippen LogP contribution >= 0.6 is 31.9 Å². The third-order valence-corrected chi connectivity index (χ3v) is 4.82. The van der Waals surface area contributed by atoms with Crippen LogP contribution in [0.5, 0.6) is 0 Å². The van der Waals surface area contributed by atoms with Gasteiger partial charge in [-0.05, 0) is 57.0 Å². The molecule has 1 aromatic carbocycles. The normalized spacial score (nSPS) is 11.6. The summed E-state index contributed by atoms with van der Waals surface area (Å²) in [4.78, 5) is 11.0. The molecule has 106 valence electrons. The van der Waals surface area contributed by atoms with Crippen LogP contribution in [0.25, 0.3) is 0 Å². The van der Waals surface area contributed by atoms with E-state index in [1.54, 1.807) is 13.8 Å². The van der Waals surface area contributed by atoms with Crippen LogP contribution in [0.2, 0.25) is 0 Å². The van der Waals surface area contributed by atoms with Crippen molar-refractivity contribution in [3.05, 3.63) is 32.2 Å². The van der Waals surface area contributed by atoms with E-state index in [4.69, 9.17) is 5.11 Å². The third-order valence-electron chi connectivity index (χ3n) is 3.18. The molecule has 0 heterocycles. The molecule has 0 aliphatic carbocycles. The molecule has 0 bridgehead atoms. The molecule has 3 nitrogen and oxygen atoms in total. The molecular weight excluding hydrogens is 374 g/mol. The Kier molecular flexibility index (Phi) is 6.02. The first-order chi connectivity index (χ1) is 8.74. The van der Waals surface area contributed by atoms with Gasteiger partial charge in [-0.3, -0.25) is 4.79 Å². The van der Waals surface area contributed by atoms with Crippen molar-refractivity contribution in [3.8, 4) is 0 Å². The highest BCUT2D eigenvalue weighted by Gasteiger charge is 2.26. The Morgan fingerprint density at radius 1 is 1.32 bits per heavy atom. The minimum Gasteiger partial charge on any atom is -0.481 e. The number of aliphatic carboxylic acids is 1. The standard InChI is InChI=1S/C14H19Br2NO2/c1-9-11(15)6-10(7-12(9)16)8-17-5-4-14(2,3)13(18)19/h6-7,17H,4-5,8H2,1-3H3,(H,18,19). The number of carboxylic acid groups (broad SMARTS) is 1. The van der Waals surface area contributed by atoms with Crippen LogP contribution in [0.1, 0.15) is 31.4 Å². The zero-order chi connectivity index (χ0) is 14.6. The lowest BCUT2D eigenvalue weighted by molar-refractivity contribution is -0.147. The molecule has 2 N–H and O–H groups in total. The summed E-state index contributed by atoms with van der Waals surface area (Å²) in [5.41, 5.74) is 1.66. The first kappa shape index (κ1) is 16.7. The molecule has 0 aliphatic heterocycles. The predicted octanol–water partition coefficient (Wildman–Crippen LogP) is 4.11. The number of benzene rings is 1. The van der Waals surface area contributed by atoms with E-state index in [1.165, 1.54) is 5.56 Å². The summed E-state index contributed by atoms with van der Waals surface area (Å²) in [6, 6.07) is 4.16. The van der Waals surface area contributed by atoms with Gasteiger partial charge >= 0.3 is 5.97 Å². The van der Waals surface area contributed by atoms with Crippen molar-refractivity contribution in [2.24, 2.45) is 5.41 Å². The van der Waals surface area contributed by atoms with E-state index in [2.05, 4.69) is 49.3 Å². The maximum atomic E-state index is 11.0. The predicted molar refractivity (Wildman–Crippen MR) is 84.3 cm³/mol. The lowest BCUT2D eigenvalue weighted by Crippen LogP contribution is -2.28. The summed E-state index contributed by atoms with van der Waals surface area (Å²) >= 11 is 7.04. The van der Waals surface area contributed by atoms with Crippen molar-refractivity contribution in [2.75, 3.05) is 6.54 Å². The van der Waals surface area contributed by atoms with Gasteiger partial charge in [-0.25, -0.2) is 0 Å². The molecule has 0 aromatic heterocycles. The quantitative estimate of drug-likeness (QED) is 0.716. The summed E-state index contributed by atoms with van der Waals surface area (Å²) in [5.74, 6) is -0.755. The summed E-state index contributed by atoms with van der Waals surface area (Å²) in [5, 5.41) is 12.3. The molecule has 1 rings (SSSR count). The number of carboxylic acids is 1. The average molecular weight is 393 g/mol.